The van der Waals surface area contributed by atoms with Crippen molar-refractivity contribution in [3.05, 3.63) is 29.5 Å². The van der Waals surface area contributed by atoms with Gasteiger partial charge in [-0.25, -0.2) is 4.98 Å². The first-order valence-electron chi connectivity index (χ1n) is 4.91. The Morgan fingerprint density at radius 3 is 2.93 bits per heavy atom. The van der Waals surface area contributed by atoms with Crippen molar-refractivity contribution in [1.29, 1.82) is 0 Å². The molecule has 0 amide bonds. The van der Waals surface area contributed by atoms with E-state index in [2.05, 4.69) is 15.3 Å². The van der Waals surface area contributed by atoms with Crippen molar-refractivity contribution < 1.29 is 0 Å². The molecule has 15 heavy (non-hydrogen) atoms. The molecule has 0 unspecified atom stereocenters. The molecule has 0 bridgehead atoms. The first kappa shape index (κ1) is 10.4. The summed E-state index contributed by atoms with van der Waals surface area (Å²) in [6, 6.07) is 2.02. The van der Waals surface area contributed by atoms with Gasteiger partial charge in [0, 0.05) is 35.3 Å². The number of nitrogens with two attached hydrogens (primary N) is 1. The summed E-state index contributed by atoms with van der Waals surface area (Å²) in [5.41, 5.74) is 7.98. The van der Waals surface area contributed by atoms with E-state index in [1.54, 1.807) is 11.3 Å². The highest BCUT2D eigenvalue weighted by atomic mass is 32.1. The van der Waals surface area contributed by atoms with Crippen molar-refractivity contribution in [3.63, 3.8) is 0 Å². The Morgan fingerprint density at radius 1 is 1.53 bits per heavy atom. The minimum absolute atomic E-state index is 0.191. The Morgan fingerprint density at radius 2 is 2.33 bits per heavy atom. The lowest BCUT2D eigenvalue weighted by Gasteiger charge is -2.15. The van der Waals surface area contributed by atoms with E-state index in [9.17, 15) is 0 Å². The van der Waals surface area contributed by atoms with Gasteiger partial charge in [0.05, 0.1) is 5.69 Å². The second-order valence-corrected chi connectivity index (χ2v) is 5.27. The van der Waals surface area contributed by atoms with Crippen LogP contribution >= 0.6 is 11.3 Å². The van der Waals surface area contributed by atoms with Crippen LogP contribution in [0, 0.1) is 0 Å². The van der Waals surface area contributed by atoms with E-state index in [1.165, 1.54) is 0 Å². The normalized spacial score (nSPS) is 11.9. The number of thiazole rings is 1. The van der Waals surface area contributed by atoms with Crippen LogP contribution in [0.5, 0.6) is 0 Å². The molecule has 0 aliphatic heterocycles. The SMILES string of the molecule is CC(C)(N)Cc1csc(-c2cc[nH]c2)n1. The number of H-pyrrole nitrogens is 1. The summed E-state index contributed by atoms with van der Waals surface area (Å²) in [6.07, 6.45) is 4.67. The highest BCUT2D eigenvalue weighted by molar-refractivity contribution is 7.13. The van der Waals surface area contributed by atoms with Crippen LogP contribution in [0.25, 0.3) is 10.6 Å². The van der Waals surface area contributed by atoms with Crippen LogP contribution in [0.1, 0.15) is 19.5 Å². The van der Waals surface area contributed by atoms with Crippen molar-refractivity contribution in [2.45, 2.75) is 25.8 Å². The molecule has 0 radical (unpaired) electrons. The van der Waals surface area contributed by atoms with Crippen molar-refractivity contribution in [3.8, 4) is 10.6 Å². The maximum absolute atomic E-state index is 5.95. The molecule has 2 rings (SSSR count). The summed E-state index contributed by atoms with van der Waals surface area (Å²) >= 11 is 1.66. The predicted octanol–water partition coefficient (Wildman–Crippen LogP) is 2.42. The van der Waals surface area contributed by atoms with E-state index in [4.69, 9.17) is 5.73 Å². The molecule has 3 N–H and O–H groups in total. The zero-order valence-electron chi connectivity index (χ0n) is 8.95. The van der Waals surface area contributed by atoms with Crippen LogP contribution in [0.2, 0.25) is 0 Å². The van der Waals surface area contributed by atoms with Crippen LogP contribution in [-0.2, 0) is 6.42 Å². The topological polar surface area (TPSA) is 54.7 Å². The van der Waals surface area contributed by atoms with Crippen LogP contribution in [-0.4, -0.2) is 15.5 Å². The quantitative estimate of drug-likeness (QED) is 0.836. The smallest absolute Gasteiger partial charge is 0.125 e. The van der Waals surface area contributed by atoms with E-state index in [0.29, 0.717) is 0 Å². The summed E-state index contributed by atoms with van der Waals surface area (Å²) in [5, 5.41) is 3.13. The maximum Gasteiger partial charge on any atom is 0.125 e. The van der Waals surface area contributed by atoms with Crippen LogP contribution in [0.4, 0.5) is 0 Å². The molecule has 0 aromatic carbocycles. The molecule has 2 heterocycles. The molecule has 0 atom stereocenters. The van der Waals surface area contributed by atoms with Gasteiger partial charge in [-0.05, 0) is 19.9 Å². The van der Waals surface area contributed by atoms with Gasteiger partial charge in [-0.1, -0.05) is 0 Å². The molecular formula is C11H15N3S. The minimum atomic E-state index is -0.191. The summed E-state index contributed by atoms with van der Waals surface area (Å²) in [4.78, 5) is 7.58. The number of nitrogens with one attached hydrogen (secondary N) is 1. The Hall–Kier alpha value is -1.13. The second kappa shape index (κ2) is 3.79. The summed E-state index contributed by atoms with van der Waals surface area (Å²) < 4.78 is 0. The zero-order chi connectivity index (χ0) is 10.9. The molecular weight excluding hydrogens is 206 g/mol. The Labute approximate surface area is 93.4 Å². The first-order valence-corrected chi connectivity index (χ1v) is 5.79. The van der Waals surface area contributed by atoms with E-state index in [-0.39, 0.29) is 5.54 Å². The Balaban J connectivity index is 2.18. The van der Waals surface area contributed by atoms with Crippen molar-refractivity contribution in [1.82, 2.24) is 9.97 Å². The zero-order valence-corrected chi connectivity index (χ0v) is 9.77. The average molecular weight is 221 g/mol. The summed E-state index contributed by atoms with van der Waals surface area (Å²) in [7, 11) is 0. The van der Waals surface area contributed by atoms with Crippen LogP contribution in [0.15, 0.2) is 23.8 Å². The van der Waals surface area contributed by atoms with Crippen molar-refractivity contribution >= 4 is 11.3 Å². The van der Waals surface area contributed by atoms with Gasteiger partial charge in [-0.2, -0.15) is 0 Å². The first-order chi connectivity index (χ1) is 7.04. The fourth-order valence-corrected chi connectivity index (χ4v) is 2.26. The molecule has 0 aliphatic rings. The maximum atomic E-state index is 5.95. The fraction of sp³-hybridized carbons (Fsp3) is 0.364. The molecule has 0 spiro atoms. The predicted molar refractivity (Wildman–Crippen MR) is 63.9 cm³/mol. The second-order valence-electron chi connectivity index (χ2n) is 4.41. The number of hydrogen-bond acceptors (Lipinski definition) is 3. The molecule has 3 nitrogen and oxygen atoms in total. The number of rotatable bonds is 3. The van der Waals surface area contributed by atoms with Gasteiger partial charge in [0.1, 0.15) is 5.01 Å². The number of hydrogen-bond donors (Lipinski definition) is 2. The van der Waals surface area contributed by atoms with Gasteiger partial charge < -0.3 is 10.7 Å². The van der Waals surface area contributed by atoms with Gasteiger partial charge in [0.15, 0.2) is 0 Å². The largest absolute Gasteiger partial charge is 0.367 e. The standard InChI is InChI=1S/C11H15N3S/c1-11(2,12)5-9-7-15-10(14-9)8-3-4-13-6-8/h3-4,6-7,13H,5,12H2,1-2H3. The van der Waals surface area contributed by atoms with Crippen LogP contribution in [0.3, 0.4) is 0 Å². The van der Waals surface area contributed by atoms with Gasteiger partial charge in [0.25, 0.3) is 0 Å². The molecule has 2 aromatic heterocycles. The number of nitrogens with zero attached hydrogens (tertiary/aromatic N) is 1. The average Bonchev–Trinajstić information content (AvgIpc) is 2.68. The molecule has 0 aliphatic carbocycles. The lowest BCUT2D eigenvalue weighted by Crippen LogP contribution is -2.34. The Kier molecular flexibility index (Phi) is 2.63. The summed E-state index contributed by atoms with van der Waals surface area (Å²) in [6.45, 7) is 4.03. The van der Waals surface area contributed by atoms with E-state index in [1.807, 2.05) is 32.3 Å². The number of aromatic amines is 1. The molecule has 0 fully saturated rings. The lowest BCUT2D eigenvalue weighted by atomic mass is 10.0. The van der Waals surface area contributed by atoms with Crippen molar-refractivity contribution in [2.75, 3.05) is 0 Å². The van der Waals surface area contributed by atoms with Gasteiger partial charge >= 0.3 is 0 Å². The fourth-order valence-electron chi connectivity index (χ4n) is 1.44. The molecule has 0 saturated carbocycles. The van der Waals surface area contributed by atoms with E-state index >= 15 is 0 Å². The summed E-state index contributed by atoms with van der Waals surface area (Å²) in [5.74, 6) is 0. The van der Waals surface area contributed by atoms with Gasteiger partial charge in [-0.3, -0.25) is 0 Å². The lowest BCUT2D eigenvalue weighted by molar-refractivity contribution is 0.511. The third kappa shape index (κ3) is 2.67. The van der Waals surface area contributed by atoms with Gasteiger partial charge in [0.2, 0.25) is 0 Å². The Bertz CT molecular complexity index is 423. The highest BCUT2D eigenvalue weighted by Crippen LogP contribution is 2.24. The highest BCUT2D eigenvalue weighted by Gasteiger charge is 2.14. The third-order valence-electron chi connectivity index (χ3n) is 2.03. The van der Waals surface area contributed by atoms with E-state index in [0.717, 1.165) is 22.7 Å². The molecule has 4 heteroatoms. The number of aromatic nitrogens is 2. The van der Waals surface area contributed by atoms with Crippen molar-refractivity contribution in [2.24, 2.45) is 5.73 Å². The van der Waals surface area contributed by atoms with Crippen LogP contribution < -0.4 is 5.73 Å². The molecule has 80 valence electrons. The molecule has 2 aromatic rings. The monoisotopic (exact) mass is 221 g/mol. The van der Waals surface area contributed by atoms with Gasteiger partial charge in [-0.15, -0.1) is 11.3 Å². The third-order valence-corrected chi connectivity index (χ3v) is 2.97. The van der Waals surface area contributed by atoms with E-state index < -0.39 is 0 Å². The molecule has 0 saturated heterocycles. The minimum Gasteiger partial charge on any atom is -0.367 e.